The SMILES string of the molecule is CN=C(NCc1ccc(Cl)cc1)NC1CCC(SC)C1.I. The molecule has 6 heteroatoms. The minimum Gasteiger partial charge on any atom is -0.354 e. The zero-order chi connectivity index (χ0) is 14.4. The molecule has 0 aromatic heterocycles. The quantitative estimate of drug-likeness (QED) is 0.424. The summed E-state index contributed by atoms with van der Waals surface area (Å²) >= 11 is 7.85. The highest BCUT2D eigenvalue weighted by molar-refractivity contribution is 14.0. The van der Waals surface area contributed by atoms with Crippen LogP contribution < -0.4 is 10.6 Å². The molecule has 1 aliphatic rings. The number of hydrogen-bond acceptors (Lipinski definition) is 2. The van der Waals surface area contributed by atoms with E-state index in [1.54, 1.807) is 0 Å². The van der Waals surface area contributed by atoms with Crippen molar-refractivity contribution in [1.29, 1.82) is 0 Å². The second-order valence-electron chi connectivity index (χ2n) is 5.06. The molecule has 2 rings (SSSR count). The Labute approximate surface area is 153 Å². The van der Waals surface area contributed by atoms with E-state index in [-0.39, 0.29) is 24.0 Å². The predicted octanol–water partition coefficient (Wildman–Crippen LogP) is 3.91. The van der Waals surface area contributed by atoms with Crippen LogP contribution in [0.5, 0.6) is 0 Å². The molecule has 3 nitrogen and oxygen atoms in total. The molecule has 0 radical (unpaired) electrons. The number of thioether (sulfide) groups is 1. The molecule has 0 heterocycles. The van der Waals surface area contributed by atoms with Crippen LogP contribution in [0.4, 0.5) is 0 Å². The molecule has 0 aliphatic heterocycles. The van der Waals surface area contributed by atoms with Crippen LogP contribution in [-0.4, -0.2) is 30.6 Å². The summed E-state index contributed by atoms with van der Waals surface area (Å²) in [7, 11) is 1.82. The van der Waals surface area contributed by atoms with E-state index >= 15 is 0 Å². The molecule has 1 aliphatic carbocycles. The summed E-state index contributed by atoms with van der Waals surface area (Å²) < 4.78 is 0. The molecule has 2 unspecified atom stereocenters. The topological polar surface area (TPSA) is 36.4 Å². The zero-order valence-corrected chi connectivity index (χ0v) is 16.3. The molecule has 2 atom stereocenters. The predicted molar refractivity (Wildman–Crippen MR) is 105 cm³/mol. The Morgan fingerprint density at radius 3 is 2.62 bits per heavy atom. The number of hydrogen-bond donors (Lipinski definition) is 2. The minimum atomic E-state index is 0. The number of nitrogens with one attached hydrogen (secondary N) is 2. The fraction of sp³-hybridized carbons (Fsp3) is 0.533. The van der Waals surface area contributed by atoms with Crippen LogP contribution in [0.25, 0.3) is 0 Å². The van der Waals surface area contributed by atoms with Gasteiger partial charge in [-0.05, 0) is 43.2 Å². The largest absolute Gasteiger partial charge is 0.354 e. The Bertz CT molecular complexity index is 453. The third-order valence-electron chi connectivity index (χ3n) is 3.66. The molecule has 21 heavy (non-hydrogen) atoms. The third-order valence-corrected chi connectivity index (χ3v) is 5.00. The van der Waals surface area contributed by atoms with E-state index in [1.807, 2.05) is 43.1 Å². The van der Waals surface area contributed by atoms with Gasteiger partial charge in [0.2, 0.25) is 0 Å². The average molecular weight is 440 g/mol. The lowest BCUT2D eigenvalue weighted by Crippen LogP contribution is -2.42. The maximum atomic E-state index is 5.88. The van der Waals surface area contributed by atoms with Crippen LogP contribution >= 0.6 is 47.3 Å². The normalized spacial score (nSPS) is 21.8. The fourth-order valence-electron chi connectivity index (χ4n) is 2.46. The number of rotatable bonds is 4. The molecule has 118 valence electrons. The summed E-state index contributed by atoms with van der Waals surface area (Å²) in [5.41, 5.74) is 1.20. The number of aliphatic imine (C=N–C) groups is 1. The van der Waals surface area contributed by atoms with Gasteiger partial charge in [-0.2, -0.15) is 11.8 Å². The molecule has 1 aromatic carbocycles. The van der Waals surface area contributed by atoms with Crippen molar-refractivity contribution < 1.29 is 0 Å². The van der Waals surface area contributed by atoms with Crippen molar-refractivity contribution >= 4 is 53.3 Å². The Kier molecular flexibility index (Phi) is 8.82. The Morgan fingerprint density at radius 2 is 2.05 bits per heavy atom. The van der Waals surface area contributed by atoms with Crippen LogP contribution in [0.1, 0.15) is 24.8 Å². The zero-order valence-electron chi connectivity index (χ0n) is 12.4. The first-order valence-corrected chi connectivity index (χ1v) is 8.62. The lowest BCUT2D eigenvalue weighted by molar-refractivity contribution is 0.614. The fourth-order valence-corrected chi connectivity index (χ4v) is 3.38. The molecule has 1 aromatic rings. The molecular weight excluding hydrogens is 417 g/mol. The molecule has 0 spiro atoms. The van der Waals surface area contributed by atoms with Gasteiger partial charge < -0.3 is 10.6 Å². The maximum Gasteiger partial charge on any atom is 0.191 e. The highest BCUT2D eigenvalue weighted by atomic mass is 127. The van der Waals surface area contributed by atoms with Gasteiger partial charge in [-0.1, -0.05) is 23.7 Å². The van der Waals surface area contributed by atoms with Crippen molar-refractivity contribution in [2.75, 3.05) is 13.3 Å². The molecule has 2 N–H and O–H groups in total. The average Bonchev–Trinajstić information content (AvgIpc) is 2.93. The smallest absolute Gasteiger partial charge is 0.191 e. The van der Waals surface area contributed by atoms with E-state index in [0.29, 0.717) is 6.04 Å². The number of nitrogens with zero attached hydrogens (tertiary/aromatic N) is 1. The summed E-state index contributed by atoms with van der Waals surface area (Å²) in [5.74, 6) is 0.881. The van der Waals surface area contributed by atoms with Crippen molar-refractivity contribution in [1.82, 2.24) is 10.6 Å². The van der Waals surface area contributed by atoms with Crippen LogP contribution in [0.2, 0.25) is 5.02 Å². The van der Waals surface area contributed by atoms with Crippen LogP contribution in [-0.2, 0) is 6.54 Å². The molecule has 1 fully saturated rings. The van der Waals surface area contributed by atoms with Gasteiger partial charge in [-0.25, -0.2) is 0 Å². The first kappa shape index (κ1) is 18.9. The van der Waals surface area contributed by atoms with E-state index in [4.69, 9.17) is 11.6 Å². The lowest BCUT2D eigenvalue weighted by Gasteiger charge is -2.17. The summed E-state index contributed by atoms with van der Waals surface area (Å²) in [4.78, 5) is 4.30. The van der Waals surface area contributed by atoms with Gasteiger partial charge in [0, 0.05) is 29.9 Å². The van der Waals surface area contributed by atoms with Gasteiger partial charge in [-0.15, -0.1) is 24.0 Å². The van der Waals surface area contributed by atoms with Gasteiger partial charge in [0.1, 0.15) is 0 Å². The monoisotopic (exact) mass is 439 g/mol. The van der Waals surface area contributed by atoms with Gasteiger partial charge in [0.25, 0.3) is 0 Å². The number of halogens is 2. The maximum absolute atomic E-state index is 5.88. The van der Waals surface area contributed by atoms with Crippen LogP contribution in [0.3, 0.4) is 0 Å². The van der Waals surface area contributed by atoms with Crippen molar-refractivity contribution in [3.63, 3.8) is 0 Å². The molecular formula is C15H23ClIN3S. The summed E-state index contributed by atoms with van der Waals surface area (Å²) in [6.07, 6.45) is 5.95. The van der Waals surface area contributed by atoms with Gasteiger partial charge in [0.05, 0.1) is 0 Å². The first-order valence-electron chi connectivity index (χ1n) is 6.95. The van der Waals surface area contributed by atoms with E-state index in [1.165, 1.54) is 24.8 Å². The van der Waals surface area contributed by atoms with Crippen LogP contribution in [0.15, 0.2) is 29.3 Å². The third kappa shape index (κ3) is 6.24. The van der Waals surface area contributed by atoms with Crippen LogP contribution in [0, 0.1) is 0 Å². The number of benzene rings is 1. The molecule has 0 saturated heterocycles. The van der Waals surface area contributed by atoms with Crippen molar-refractivity contribution in [2.45, 2.75) is 37.1 Å². The van der Waals surface area contributed by atoms with Crippen molar-refractivity contribution in [2.24, 2.45) is 4.99 Å². The minimum absolute atomic E-state index is 0. The van der Waals surface area contributed by atoms with Crippen molar-refractivity contribution in [3.8, 4) is 0 Å². The molecule has 0 bridgehead atoms. The van der Waals surface area contributed by atoms with Gasteiger partial charge >= 0.3 is 0 Å². The standard InChI is InChI=1S/C15H22ClN3S.HI/c1-17-15(19-13-7-8-14(9-13)20-2)18-10-11-3-5-12(16)6-4-11;/h3-6,13-14H,7-10H2,1-2H3,(H2,17,18,19);1H. The molecule has 0 amide bonds. The van der Waals surface area contributed by atoms with E-state index < -0.39 is 0 Å². The Hall–Kier alpha value is -0.140. The number of guanidine groups is 1. The Balaban J connectivity index is 0.00000220. The first-order chi connectivity index (χ1) is 9.71. The lowest BCUT2D eigenvalue weighted by atomic mass is 10.2. The van der Waals surface area contributed by atoms with Gasteiger partial charge in [-0.3, -0.25) is 4.99 Å². The second-order valence-corrected chi connectivity index (χ2v) is 6.64. The van der Waals surface area contributed by atoms with E-state index in [9.17, 15) is 0 Å². The van der Waals surface area contributed by atoms with E-state index in [0.717, 1.165) is 22.8 Å². The van der Waals surface area contributed by atoms with Crippen molar-refractivity contribution in [3.05, 3.63) is 34.9 Å². The summed E-state index contributed by atoms with van der Waals surface area (Å²) in [5, 5.41) is 8.43. The Morgan fingerprint density at radius 1 is 1.33 bits per heavy atom. The highest BCUT2D eigenvalue weighted by Crippen LogP contribution is 2.27. The van der Waals surface area contributed by atoms with Gasteiger partial charge in [0.15, 0.2) is 5.96 Å². The summed E-state index contributed by atoms with van der Waals surface area (Å²) in [6, 6.07) is 8.43. The highest BCUT2D eigenvalue weighted by Gasteiger charge is 2.24. The molecule has 1 saturated carbocycles. The second kappa shape index (κ2) is 9.79. The summed E-state index contributed by atoms with van der Waals surface area (Å²) in [6.45, 7) is 0.759. The van der Waals surface area contributed by atoms with E-state index in [2.05, 4.69) is 21.9 Å².